The molecule has 0 aliphatic heterocycles. The second-order valence-corrected chi connectivity index (χ2v) is 3.39. The van der Waals surface area contributed by atoms with Gasteiger partial charge in [0.05, 0.1) is 7.05 Å². The van der Waals surface area contributed by atoms with Gasteiger partial charge in [-0.1, -0.05) is 18.2 Å². The van der Waals surface area contributed by atoms with E-state index in [9.17, 15) is 0 Å². The van der Waals surface area contributed by atoms with Crippen molar-refractivity contribution in [3.63, 3.8) is 0 Å². The van der Waals surface area contributed by atoms with E-state index in [2.05, 4.69) is 28.7 Å². The molecule has 0 bridgehead atoms. The van der Waals surface area contributed by atoms with Crippen molar-refractivity contribution in [1.29, 1.82) is 0 Å². The normalized spacial score (nSPS) is 10.5. The summed E-state index contributed by atoms with van der Waals surface area (Å²) in [5.74, 6) is 2.14. The molecule has 3 nitrogen and oxygen atoms in total. The third-order valence-corrected chi connectivity index (χ3v) is 2.42. The summed E-state index contributed by atoms with van der Waals surface area (Å²) in [5, 5.41) is 4.37. The summed E-state index contributed by atoms with van der Waals surface area (Å²) in [6, 6.07) is 10.3. The first-order valence-electron chi connectivity index (χ1n) is 4.68. The van der Waals surface area contributed by atoms with Gasteiger partial charge < -0.3 is 0 Å². The highest BCUT2D eigenvalue weighted by Gasteiger charge is 2.17. The van der Waals surface area contributed by atoms with Crippen LogP contribution in [0.2, 0.25) is 0 Å². The maximum Gasteiger partial charge on any atom is 0.279 e. The molecule has 0 spiro atoms. The molecule has 0 atom stereocenters. The van der Waals surface area contributed by atoms with Crippen LogP contribution in [0.15, 0.2) is 30.3 Å². The summed E-state index contributed by atoms with van der Waals surface area (Å²) in [4.78, 5) is 0. The molecule has 14 heavy (non-hydrogen) atoms. The number of aryl methyl sites for hydroxylation is 2. The molecule has 0 aliphatic rings. The fourth-order valence-corrected chi connectivity index (χ4v) is 1.66. The van der Waals surface area contributed by atoms with Gasteiger partial charge in [-0.3, -0.25) is 0 Å². The summed E-state index contributed by atoms with van der Waals surface area (Å²) in [7, 11) is 1.96. The Morgan fingerprint density at radius 1 is 1.14 bits per heavy atom. The monoisotopic (exact) mass is 188 g/mol. The molecule has 3 heteroatoms. The average Bonchev–Trinajstić information content (AvgIpc) is 2.43. The van der Waals surface area contributed by atoms with E-state index in [4.69, 9.17) is 0 Å². The lowest BCUT2D eigenvalue weighted by molar-refractivity contribution is -0.610. The number of hydrogen-bond donors (Lipinski definition) is 0. The lowest BCUT2D eigenvalue weighted by Gasteiger charge is -1.98. The molecule has 0 unspecified atom stereocenters. The molecule has 2 aromatic rings. The molecule has 0 radical (unpaired) electrons. The zero-order chi connectivity index (χ0) is 10.1. The van der Waals surface area contributed by atoms with Crippen molar-refractivity contribution in [2.24, 2.45) is 7.05 Å². The fourth-order valence-electron chi connectivity index (χ4n) is 1.66. The molecule has 0 saturated heterocycles. The molecular formula is C11H14N3+. The lowest BCUT2D eigenvalue weighted by Crippen LogP contribution is -2.35. The van der Waals surface area contributed by atoms with Crippen molar-refractivity contribution in [3.05, 3.63) is 42.0 Å². The van der Waals surface area contributed by atoms with Gasteiger partial charge in [-0.05, 0) is 12.1 Å². The van der Waals surface area contributed by atoms with Gasteiger partial charge >= 0.3 is 0 Å². The molecule has 0 fully saturated rings. The minimum atomic E-state index is 1.01. The fraction of sp³-hybridized carbons (Fsp3) is 0.273. The summed E-state index contributed by atoms with van der Waals surface area (Å²) in [6.45, 7) is 4.08. The second kappa shape index (κ2) is 3.25. The zero-order valence-electron chi connectivity index (χ0n) is 8.73. The maximum atomic E-state index is 4.37. The number of para-hydroxylation sites is 1. The molecule has 1 aromatic carbocycles. The summed E-state index contributed by atoms with van der Waals surface area (Å²) in [6.07, 6.45) is 0. The first-order chi connectivity index (χ1) is 6.70. The quantitative estimate of drug-likeness (QED) is 0.618. The van der Waals surface area contributed by atoms with Crippen LogP contribution in [0, 0.1) is 13.8 Å². The first-order valence-corrected chi connectivity index (χ1v) is 4.68. The van der Waals surface area contributed by atoms with E-state index in [1.807, 2.05) is 36.9 Å². The zero-order valence-corrected chi connectivity index (χ0v) is 8.73. The van der Waals surface area contributed by atoms with Gasteiger partial charge in [-0.25, -0.2) is 0 Å². The van der Waals surface area contributed by atoms with E-state index in [1.165, 1.54) is 0 Å². The Hall–Kier alpha value is -1.64. The summed E-state index contributed by atoms with van der Waals surface area (Å²) < 4.78 is 4.03. The predicted octanol–water partition coefficient (Wildman–Crippen LogP) is 1.31. The van der Waals surface area contributed by atoms with Crippen LogP contribution in [0.1, 0.15) is 11.6 Å². The second-order valence-electron chi connectivity index (χ2n) is 3.39. The van der Waals surface area contributed by atoms with Crippen molar-refractivity contribution in [1.82, 2.24) is 9.78 Å². The smallest absolute Gasteiger partial charge is 0.199 e. The molecule has 72 valence electrons. The van der Waals surface area contributed by atoms with Crippen LogP contribution in [0.5, 0.6) is 0 Å². The summed E-state index contributed by atoms with van der Waals surface area (Å²) in [5.41, 5.74) is 1.16. The highest BCUT2D eigenvalue weighted by molar-refractivity contribution is 5.21. The van der Waals surface area contributed by atoms with Gasteiger partial charge in [0.1, 0.15) is 5.69 Å². The Labute approximate surface area is 83.6 Å². The molecule has 0 amide bonds. The van der Waals surface area contributed by atoms with E-state index in [0.29, 0.717) is 0 Å². The van der Waals surface area contributed by atoms with Gasteiger partial charge in [0.25, 0.3) is 5.82 Å². The first kappa shape index (κ1) is 8.94. The molecule has 0 aliphatic carbocycles. The molecule has 0 N–H and O–H groups in total. The third-order valence-electron chi connectivity index (χ3n) is 2.42. The SMILES string of the molecule is Cc1nn(C)c(C)[n+]1-c1ccccc1. The number of aromatic nitrogens is 3. The van der Waals surface area contributed by atoms with Crippen LogP contribution in [0.25, 0.3) is 5.69 Å². The molecule has 0 saturated carbocycles. The largest absolute Gasteiger partial charge is 0.279 e. The molecular weight excluding hydrogens is 174 g/mol. The van der Waals surface area contributed by atoms with Crippen molar-refractivity contribution in [2.75, 3.05) is 0 Å². The number of rotatable bonds is 1. The Morgan fingerprint density at radius 2 is 1.79 bits per heavy atom. The number of hydrogen-bond acceptors (Lipinski definition) is 1. The van der Waals surface area contributed by atoms with Crippen LogP contribution >= 0.6 is 0 Å². The standard InChI is InChI=1S/C11H14N3/c1-9-12-13(3)10(2)14(9)11-7-5-4-6-8-11/h4-8H,1-3H3/q+1. The van der Waals surface area contributed by atoms with E-state index in [1.54, 1.807) is 0 Å². The van der Waals surface area contributed by atoms with Crippen LogP contribution in [-0.4, -0.2) is 9.78 Å². The van der Waals surface area contributed by atoms with Crippen LogP contribution in [0.4, 0.5) is 0 Å². The minimum Gasteiger partial charge on any atom is -0.199 e. The molecule has 2 rings (SSSR count). The van der Waals surface area contributed by atoms with Gasteiger partial charge in [0.2, 0.25) is 5.82 Å². The van der Waals surface area contributed by atoms with E-state index in [0.717, 1.165) is 17.3 Å². The number of benzene rings is 1. The number of nitrogens with zero attached hydrogens (tertiary/aromatic N) is 3. The highest BCUT2D eigenvalue weighted by Crippen LogP contribution is 2.01. The maximum absolute atomic E-state index is 4.37. The lowest BCUT2D eigenvalue weighted by atomic mass is 10.3. The Bertz CT molecular complexity index is 443. The van der Waals surface area contributed by atoms with Gasteiger partial charge in [-0.2, -0.15) is 4.57 Å². The topological polar surface area (TPSA) is 21.7 Å². The van der Waals surface area contributed by atoms with Crippen molar-refractivity contribution in [2.45, 2.75) is 13.8 Å². The van der Waals surface area contributed by atoms with Gasteiger partial charge in [0, 0.05) is 18.9 Å². The average molecular weight is 188 g/mol. The van der Waals surface area contributed by atoms with Crippen molar-refractivity contribution >= 4 is 0 Å². The molecule has 1 heterocycles. The Kier molecular flexibility index (Phi) is 2.08. The van der Waals surface area contributed by atoms with Gasteiger partial charge in [0.15, 0.2) is 0 Å². The Morgan fingerprint density at radius 3 is 2.29 bits per heavy atom. The minimum absolute atomic E-state index is 1.01. The van der Waals surface area contributed by atoms with Crippen molar-refractivity contribution in [3.8, 4) is 5.69 Å². The predicted molar refractivity (Wildman–Crippen MR) is 54.2 cm³/mol. The van der Waals surface area contributed by atoms with E-state index in [-0.39, 0.29) is 0 Å². The van der Waals surface area contributed by atoms with Crippen molar-refractivity contribution < 1.29 is 4.57 Å². The molecule has 1 aromatic heterocycles. The summed E-state index contributed by atoms with van der Waals surface area (Å²) >= 11 is 0. The highest BCUT2D eigenvalue weighted by atomic mass is 15.4. The van der Waals surface area contributed by atoms with Crippen LogP contribution in [0.3, 0.4) is 0 Å². The van der Waals surface area contributed by atoms with Crippen LogP contribution in [-0.2, 0) is 7.05 Å². The third kappa shape index (κ3) is 1.31. The van der Waals surface area contributed by atoms with E-state index < -0.39 is 0 Å². The van der Waals surface area contributed by atoms with Gasteiger partial charge in [-0.15, -0.1) is 4.68 Å². The van der Waals surface area contributed by atoms with Crippen LogP contribution < -0.4 is 4.57 Å². The Balaban J connectivity index is 2.62. The van der Waals surface area contributed by atoms with E-state index >= 15 is 0 Å².